The number of aromatic hydroxyl groups is 1. The molecular weight excluding hydrogens is 256 g/mol. The Morgan fingerprint density at radius 2 is 2.15 bits per heavy atom. The molecule has 0 radical (unpaired) electrons. The number of aromatic nitrogens is 1. The molecule has 3 rings (SSSR count). The standard InChI is InChI=1S/C15H16N2O3/c18-12-7-3-4-10(8-12)15-17-13(9-20-15)14(19)16-11-5-1-2-6-11/h3-4,7-9,11,18H,1-2,5-6H2,(H,16,19). The maximum absolute atomic E-state index is 12.0. The fourth-order valence-electron chi connectivity index (χ4n) is 2.48. The van der Waals surface area contributed by atoms with Crippen LogP contribution in [-0.4, -0.2) is 22.0 Å². The molecule has 1 aromatic carbocycles. The minimum Gasteiger partial charge on any atom is -0.508 e. The molecule has 1 fully saturated rings. The molecule has 2 N–H and O–H groups in total. The van der Waals surface area contributed by atoms with E-state index in [1.807, 2.05) is 0 Å². The molecule has 0 atom stereocenters. The highest BCUT2D eigenvalue weighted by Gasteiger charge is 2.20. The number of nitrogens with one attached hydrogen (secondary N) is 1. The van der Waals surface area contributed by atoms with Crippen molar-refractivity contribution in [3.8, 4) is 17.2 Å². The molecule has 2 aromatic rings. The molecular formula is C15H16N2O3. The van der Waals surface area contributed by atoms with Gasteiger partial charge in [-0.2, -0.15) is 0 Å². The van der Waals surface area contributed by atoms with Gasteiger partial charge in [-0.05, 0) is 31.0 Å². The molecule has 1 amide bonds. The fraction of sp³-hybridized carbons (Fsp3) is 0.333. The average molecular weight is 272 g/mol. The van der Waals surface area contributed by atoms with Crippen LogP contribution in [0.4, 0.5) is 0 Å². The Hall–Kier alpha value is -2.30. The number of oxazole rings is 1. The lowest BCUT2D eigenvalue weighted by Gasteiger charge is -2.09. The predicted molar refractivity (Wildman–Crippen MR) is 73.3 cm³/mol. The van der Waals surface area contributed by atoms with Crippen molar-refractivity contribution in [2.24, 2.45) is 0 Å². The lowest BCUT2D eigenvalue weighted by molar-refractivity contribution is 0.0933. The monoisotopic (exact) mass is 272 g/mol. The van der Waals surface area contributed by atoms with E-state index >= 15 is 0 Å². The predicted octanol–water partition coefficient (Wildman–Crippen LogP) is 2.72. The van der Waals surface area contributed by atoms with Crippen LogP contribution < -0.4 is 5.32 Å². The van der Waals surface area contributed by atoms with Crippen molar-refractivity contribution in [1.82, 2.24) is 10.3 Å². The summed E-state index contributed by atoms with van der Waals surface area (Å²) in [6, 6.07) is 6.84. The first-order valence-corrected chi connectivity index (χ1v) is 6.78. The van der Waals surface area contributed by atoms with Gasteiger partial charge in [-0.1, -0.05) is 18.9 Å². The van der Waals surface area contributed by atoms with E-state index in [-0.39, 0.29) is 23.4 Å². The zero-order valence-corrected chi connectivity index (χ0v) is 11.0. The highest BCUT2D eigenvalue weighted by molar-refractivity contribution is 5.92. The van der Waals surface area contributed by atoms with Gasteiger partial charge in [0.1, 0.15) is 12.0 Å². The maximum atomic E-state index is 12.0. The summed E-state index contributed by atoms with van der Waals surface area (Å²) in [6.45, 7) is 0. The Morgan fingerprint density at radius 1 is 1.35 bits per heavy atom. The van der Waals surface area contributed by atoms with Crippen molar-refractivity contribution in [2.75, 3.05) is 0 Å². The third kappa shape index (κ3) is 2.66. The van der Waals surface area contributed by atoms with Gasteiger partial charge in [0.2, 0.25) is 5.89 Å². The summed E-state index contributed by atoms with van der Waals surface area (Å²) >= 11 is 0. The molecule has 1 aliphatic rings. The summed E-state index contributed by atoms with van der Waals surface area (Å²) in [5.41, 5.74) is 0.917. The highest BCUT2D eigenvalue weighted by Crippen LogP contribution is 2.23. The van der Waals surface area contributed by atoms with Crippen LogP contribution in [-0.2, 0) is 0 Å². The number of amides is 1. The highest BCUT2D eigenvalue weighted by atomic mass is 16.3. The first-order chi connectivity index (χ1) is 9.72. The van der Waals surface area contributed by atoms with Gasteiger partial charge in [0, 0.05) is 11.6 Å². The minimum absolute atomic E-state index is 0.137. The lowest BCUT2D eigenvalue weighted by atomic mass is 10.2. The summed E-state index contributed by atoms with van der Waals surface area (Å²) in [4.78, 5) is 16.2. The number of carbonyl (C=O) groups excluding carboxylic acids is 1. The number of phenols is 1. The third-order valence-electron chi connectivity index (χ3n) is 3.52. The number of hydrogen-bond acceptors (Lipinski definition) is 4. The maximum Gasteiger partial charge on any atom is 0.273 e. The zero-order valence-electron chi connectivity index (χ0n) is 11.0. The van der Waals surface area contributed by atoms with Crippen LogP contribution in [0.5, 0.6) is 5.75 Å². The molecule has 0 unspecified atom stereocenters. The second-order valence-corrected chi connectivity index (χ2v) is 5.04. The van der Waals surface area contributed by atoms with Crippen molar-refractivity contribution in [2.45, 2.75) is 31.7 Å². The lowest BCUT2D eigenvalue weighted by Crippen LogP contribution is -2.32. The number of carbonyl (C=O) groups is 1. The summed E-state index contributed by atoms with van der Waals surface area (Å²) in [7, 11) is 0. The Bertz CT molecular complexity index is 615. The van der Waals surface area contributed by atoms with Gasteiger partial charge in [0.05, 0.1) is 0 Å². The first kappa shape index (κ1) is 12.7. The van der Waals surface area contributed by atoms with Crippen LogP contribution >= 0.6 is 0 Å². The van der Waals surface area contributed by atoms with E-state index in [0.29, 0.717) is 11.5 Å². The van der Waals surface area contributed by atoms with Gasteiger partial charge >= 0.3 is 0 Å². The molecule has 104 valence electrons. The van der Waals surface area contributed by atoms with E-state index in [9.17, 15) is 9.90 Å². The van der Waals surface area contributed by atoms with Gasteiger partial charge in [-0.25, -0.2) is 4.98 Å². The van der Waals surface area contributed by atoms with Gasteiger partial charge in [0.25, 0.3) is 5.91 Å². The van der Waals surface area contributed by atoms with Crippen LogP contribution in [0.1, 0.15) is 36.2 Å². The third-order valence-corrected chi connectivity index (χ3v) is 3.52. The molecule has 0 saturated heterocycles. The largest absolute Gasteiger partial charge is 0.508 e. The van der Waals surface area contributed by atoms with E-state index in [1.165, 1.54) is 6.26 Å². The molecule has 5 nitrogen and oxygen atoms in total. The topological polar surface area (TPSA) is 75.4 Å². The number of rotatable bonds is 3. The van der Waals surface area contributed by atoms with E-state index in [2.05, 4.69) is 10.3 Å². The Balaban J connectivity index is 1.74. The Morgan fingerprint density at radius 3 is 2.90 bits per heavy atom. The van der Waals surface area contributed by atoms with Gasteiger partial charge in [-0.3, -0.25) is 4.79 Å². The van der Waals surface area contributed by atoms with Crippen LogP contribution in [0, 0.1) is 0 Å². The first-order valence-electron chi connectivity index (χ1n) is 6.78. The Labute approximate surface area is 116 Å². The van der Waals surface area contributed by atoms with Crippen molar-refractivity contribution < 1.29 is 14.3 Å². The second-order valence-electron chi connectivity index (χ2n) is 5.04. The summed E-state index contributed by atoms with van der Waals surface area (Å²) in [5, 5.41) is 12.4. The molecule has 1 aromatic heterocycles. The van der Waals surface area contributed by atoms with Crippen LogP contribution in [0.3, 0.4) is 0 Å². The summed E-state index contributed by atoms with van der Waals surface area (Å²) in [6.07, 6.45) is 5.74. The fourth-order valence-corrected chi connectivity index (χ4v) is 2.48. The minimum atomic E-state index is -0.202. The molecule has 20 heavy (non-hydrogen) atoms. The van der Waals surface area contributed by atoms with Gasteiger partial charge in [-0.15, -0.1) is 0 Å². The second kappa shape index (κ2) is 5.36. The summed E-state index contributed by atoms with van der Waals surface area (Å²) < 4.78 is 5.31. The SMILES string of the molecule is O=C(NC1CCCC1)c1coc(-c2cccc(O)c2)n1. The number of benzene rings is 1. The van der Waals surface area contributed by atoms with Crippen LogP contribution in [0.2, 0.25) is 0 Å². The molecule has 1 aliphatic carbocycles. The van der Waals surface area contributed by atoms with E-state index in [1.54, 1.807) is 24.3 Å². The van der Waals surface area contributed by atoms with Crippen LogP contribution in [0.15, 0.2) is 34.9 Å². The molecule has 1 saturated carbocycles. The van der Waals surface area contributed by atoms with Crippen molar-refractivity contribution in [3.63, 3.8) is 0 Å². The molecule has 5 heteroatoms. The molecule has 0 aliphatic heterocycles. The van der Waals surface area contributed by atoms with Gasteiger partial charge in [0.15, 0.2) is 5.69 Å². The van der Waals surface area contributed by atoms with Crippen molar-refractivity contribution in [3.05, 3.63) is 36.2 Å². The quantitative estimate of drug-likeness (QED) is 0.900. The zero-order chi connectivity index (χ0) is 13.9. The van der Waals surface area contributed by atoms with Crippen molar-refractivity contribution in [1.29, 1.82) is 0 Å². The normalized spacial score (nSPS) is 15.4. The van der Waals surface area contributed by atoms with E-state index in [0.717, 1.165) is 25.7 Å². The number of hydrogen-bond donors (Lipinski definition) is 2. The molecule has 0 spiro atoms. The van der Waals surface area contributed by atoms with Crippen molar-refractivity contribution >= 4 is 5.91 Å². The smallest absolute Gasteiger partial charge is 0.273 e. The average Bonchev–Trinajstić information content (AvgIpc) is 3.09. The summed E-state index contributed by atoms with van der Waals surface area (Å²) in [5.74, 6) is 0.266. The van der Waals surface area contributed by atoms with E-state index < -0.39 is 0 Å². The molecule has 1 heterocycles. The molecule has 0 bridgehead atoms. The van der Waals surface area contributed by atoms with E-state index in [4.69, 9.17) is 4.42 Å². The number of phenolic OH excluding ortho intramolecular Hbond substituents is 1. The van der Waals surface area contributed by atoms with Crippen LogP contribution in [0.25, 0.3) is 11.5 Å². The number of nitrogens with zero attached hydrogens (tertiary/aromatic N) is 1. The Kier molecular flexibility index (Phi) is 3.41. The van der Waals surface area contributed by atoms with Gasteiger partial charge < -0.3 is 14.8 Å².